The van der Waals surface area contributed by atoms with Crippen LogP contribution in [0.2, 0.25) is 0 Å². The molecule has 0 atom stereocenters. The highest BCUT2D eigenvalue weighted by atomic mass is 32.2. The van der Waals surface area contributed by atoms with Gasteiger partial charge in [-0.05, 0) is 35.7 Å². The summed E-state index contributed by atoms with van der Waals surface area (Å²) in [5.41, 5.74) is -0.399. The normalized spacial score (nSPS) is 12.6. The second-order valence-electron chi connectivity index (χ2n) is 5.81. The number of hydrogen-bond acceptors (Lipinski definition) is 9. The molecule has 29 heavy (non-hydrogen) atoms. The van der Waals surface area contributed by atoms with E-state index in [1.807, 2.05) is 0 Å². The molecule has 0 aliphatic rings. The zero-order chi connectivity index (χ0) is 21.6. The topological polar surface area (TPSA) is 194 Å². The molecule has 0 radical (unpaired) electrons. The van der Waals surface area contributed by atoms with Gasteiger partial charge < -0.3 is 15.3 Å². The maximum absolute atomic E-state index is 11.5. The summed E-state index contributed by atoms with van der Waals surface area (Å²) in [6, 6.07) is 6.73. The first-order valence-electron chi connectivity index (χ1n) is 7.56. The number of phenolic OH excluding ortho intramolecular Hbond substituents is 3. The predicted molar refractivity (Wildman–Crippen MR) is 99.2 cm³/mol. The fourth-order valence-corrected chi connectivity index (χ4v) is 3.57. The summed E-state index contributed by atoms with van der Waals surface area (Å²) >= 11 is 0. The Morgan fingerprint density at radius 2 is 1.21 bits per heavy atom. The average molecular weight is 440 g/mol. The number of hydrogen-bond donors (Lipinski definition) is 5. The van der Waals surface area contributed by atoms with E-state index < -0.39 is 41.5 Å². The standard InChI is InChI=1S/C16H12N2O9S2/c19-9-1-2-12(14(20)5-9)17-18-13-6-10(28(22,23)24)3-8-4-11(29(25,26)27)7-15(21)16(8)13/h1-7,19-21H,(H,22,23,24)(H,25,26,27). The lowest BCUT2D eigenvalue weighted by molar-refractivity contribution is 0.451. The predicted octanol–water partition coefficient (Wildman–Crippen LogP) is 2.87. The highest BCUT2D eigenvalue weighted by molar-refractivity contribution is 7.86. The van der Waals surface area contributed by atoms with Crippen molar-refractivity contribution >= 4 is 42.4 Å². The second kappa shape index (κ2) is 6.97. The van der Waals surface area contributed by atoms with Crippen LogP contribution < -0.4 is 0 Å². The number of nitrogens with zero attached hydrogens (tertiary/aromatic N) is 2. The lowest BCUT2D eigenvalue weighted by Crippen LogP contribution is -2.00. The van der Waals surface area contributed by atoms with E-state index in [1.165, 1.54) is 12.1 Å². The summed E-state index contributed by atoms with van der Waals surface area (Å²) in [5, 5.41) is 36.4. The lowest BCUT2D eigenvalue weighted by Gasteiger charge is -2.09. The number of rotatable bonds is 4. The Balaban J connectivity index is 2.31. The van der Waals surface area contributed by atoms with Gasteiger partial charge in [0.05, 0.1) is 20.9 Å². The lowest BCUT2D eigenvalue weighted by atomic mass is 10.1. The molecule has 0 bridgehead atoms. The summed E-state index contributed by atoms with van der Waals surface area (Å²) < 4.78 is 64.3. The van der Waals surface area contributed by atoms with Crippen LogP contribution in [-0.2, 0) is 20.2 Å². The first kappa shape index (κ1) is 20.5. The van der Waals surface area contributed by atoms with E-state index in [-0.39, 0.29) is 27.9 Å². The molecule has 0 heterocycles. The molecule has 0 aliphatic carbocycles. The molecular formula is C16H12N2O9S2. The number of azo groups is 1. The quantitative estimate of drug-likeness (QED) is 0.299. The fourth-order valence-electron chi connectivity index (χ4n) is 2.50. The molecule has 3 aromatic rings. The Hall–Kier alpha value is -3.26. The minimum Gasteiger partial charge on any atom is -0.508 e. The molecule has 13 heteroatoms. The van der Waals surface area contributed by atoms with Gasteiger partial charge in [-0.25, -0.2) is 0 Å². The van der Waals surface area contributed by atoms with Gasteiger partial charge in [0.1, 0.15) is 22.9 Å². The van der Waals surface area contributed by atoms with Crippen molar-refractivity contribution in [3.63, 3.8) is 0 Å². The summed E-state index contributed by atoms with van der Waals surface area (Å²) in [6.07, 6.45) is 0. The molecule has 0 unspecified atom stereocenters. The van der Waals surface area contributed by atoms with E-state index in [2.05, 4.69) is 10.2 Å². The summed E-state index contributed by atoms with van der Waals surface area (Å²) in [4.78, 5) is -1.39. The zero-order valence-electron chi connectivity index (χ0n) is 14.1. The van der Waals surface area contributed by atoms with Crippen molar-refractivity contribution in [2.45, 2.75) is 9.79 Å². The maximum atomic E-state index is 11.5. The van der Waals surface area contributed by atoms with Gasteiger partial charge >= 0.3 is 0 Å². The van der Waals surface area contributed by atoms with Crippen LogP contribution in [-0.4, -0.2) is 41.3 Å². The second-order valence-corrected chi connectivity index (χ2v) is 8.65. The van der Waals surface area contributed by atoms with Crippen LogP contribution in [0.15, 0.2) is 62.5 Å². The van der Waals surface area contributed by atoms with E-state index in [9.17, 15) is 41.3 Å². The van der Waals surface area contributed by atoms with E-state index in [4.69, 9.17) is 0 Å². The third kappa shape index (κ3) is 4.27. The molecule has 0 saturated heterocycles. The van der Waals surface area contributed by atoms with Crippen molar-refractivity contribution in [1.82, 2.24) is 0 Å². The van der Waals surface area contributed by atoms with Crippen molar-refractivity contribution in [3.05, 3.63) is 42.5 Å². The van der Waals surface area contributed by atoms with Gasteiger partial charge in [0.2, 0.25) is 0 Å². The number of phenols is 3. The van der Waals surface area contributed by atoms with Crippen LogP contribution in [0.5, 0.6) is 17.2 Å². The first-order chi connectivity index (χ1) is 13.4. The highest BCUT2D eigenvalue weighted by Crippen LogP contribution is 2.39. The van der Waals surface area contributed by atoms with Crippen LogP contribution in [0.1, 0.15) is 0 Å². The van der Waals surface area contributed by atoms with E-state index in [0.717, 1.165) is 30.3 Å². The van der Waals surface area contributed by atoms with Crippen LogP contribution in [0.4, 0.5) is 11.4 Å². The van der Waals surface area contributed by atoms with Crippen molar-refractivity contribution in [2.24, 2.45) is 10.2 Å². The Kier molecular flexibility index (Phi) is 4.92. The molecule has 0 aromatic heterocycles. The summed E-state index contributed by atoms with van der Waals surface area (Å²) in [6.45, 7) is 0. The molecule has 0 aliphatic heterocycles. The van der Waals surface area contributed by atoms with Gasteiger partial charge in [-0.3, -0.25) is 9.11 Å². The number of aromatic hydroxyl groups is 3. The number of fused-ring (bicyclic) bond motifs is 1. The molecule has 152 valence electrons. The Bertz CT molecular complexity index is 1380. The van der Waals surface area contributed by atoms with Gasteiger partial charge in [-0.1, -0.05) is 0 Å². The fraction of sp³-hybridized carbons (Fsp3) is 0. The van der Waals surface area contributed by atoms with Crippen LogP contribution in [0.25, 0.3) is 10.8 Å². The molecule has 0 fully saturated rings. The maximum Gasteiger partial charge on any atom is 0.294 e. The smallest absolute Gasteiger partial charge is 0.294 e. The van der Waals surface area contributed by atoms with Crippen LogP contribution in [0.3, 0.4) is 0 Å². The minimum atomic E-state index is -4.75. The molecule has 3 rings (SSSR count). The Morgan fingerprint density at radius 1 is 0.655 bits per heavy atom. The summed E-state index contributed by atoms with van der Waals surface area (Å²) in [7, 11) is -9.48. The largest absolute Gasteiger partial charge is 0.508 e. The molecular weight excluding hydrogens is 428 g/mol. The van der Waals surface area contributed by atoms with E-state index >= 15 is 0 Å². The molecule has 0 saturated carbocycles. The highest BCUT2D eigenvalue weighted by Gasteiger charge is 2.19. The van der Waals surface area contributed by atoms with E-state index in [0.29, 0.717) is 0 Å². The van der Waals surface area contributed by atoms with Gasteiger partial charge in [0.25, 0.3) is 20.2 Å². The van der Waals surface area contributed by atoms with Gasteiger partial charge in [0, 0.05) is 12.1 Å². The van der Waals surface area contributed by atoms with Crippen LogP contribution in [0, 0.1) is 0 Å². The SMILES string of the molecule is O=S(=O)(O)c1cc(O)c2c(N=Nc3ccc(O)cc3O)cc(S(=O)(=O)O)cc2c1. The van der Waals surface area contributed by atoms with Crippen LogP contribution >= 0.6 is 0 Å². The zero-order valence-corrected chi connectivity index (χ0v) is 15.8. The van der Waals surface area contributed by atoms with Gasteiger partial charge in [0.15, 0.2) is 0 Å². The molecule has 3 aromatic carbocycles. The molecule has 11 nitrogen and oxygen atoms in total. The average Bonchev–Trinajstić information content (AvgIpc) is 2.58. The number of benzene rings is 3. The summed E-state index contributed by atoms with van der Waals surface area (Å²) in [5.74, 6) is -1.35. The Morgan fingerprint density at radius 3 is 1.76 bits per heavy atom. The monoisotopic (exact) mass is 440 g/mol. The van der Waals surface area contributed by atoms with Crippen molar-refractivity contribution < 1.29 is 41.3 Å². The Labute approximate surface area is 163 Å². The van der Waals surface area contributed by atoms with Crippen molar-refractivity contribution in [1.29, 1.82) is 0 Å². The van der Waals surface area contributed by atoms with Gasteiger partial charge in [-0.2, -0.15) is 16.8 Å². The van der Waals surface area contributed by atoms with E-state index in [1.54, 1.807) is 0 Å². The first-order valence-corrected chi connectivity index (χ1v) is 10.4. The molecule has 5 N–H and O–H groups in total. The molecule has 0 spiro atoms. The third-order valence-electron chi connectivity index (χ3n) is 3.77. The third-order valence-corrected chi connectivity index (χ3v) is 5.44. The van der Waals surface area contributed by atoms with Crippen molar-refractivity contribution in [2.75, 3.05) is 0 Å². The van der Waals surface area contributed by atoms with Gasteiger partial charge in [-0.15, -0.1) is 10.2 Å². The van der Waals surface area contributed by atoms with Crippen molar-refractivity contribution in [3.8, 4) is 17.2 Å². The molecule has 0 amide bonds. The minimum absolute atomic E-state index is 0.109.